The highest BCUT2D eigenvalue weighted by Crippen LogP contribution is 2.37. The van der Waals surface area contributed by atoms with Crippen molar-refractivity contribution in [1.29, 1.82) is 0 Å². The van der Waals surface area contributed by atoms with Gasteiger partial charge in [-0.25, -0.2) is 9.69 Å². The number of primary amides is 1. The molecule has 0 unspecified atom stereocenters. The first kappa shape index (κ1) is 28.8. The van der Waals surface area contributed by atoms with Crippen LogP contribution in [-0.2, 0) is 6.54 Å². The van der Waals surface area contributed by atoms with E-state index in [0.29, 0.717) is 6.54 Å². The minimum atomic E-state index is -0.593. The Morgan fingerprint density at radius 2 is 1.34 bits per heavy atom. The molecule has 0 aliphatic carbocycles. The summed E-state index contributed by atoms with van der Waals surface area (Å²) in [6, 6.07) is 5.52. The summed E-state index contributed by atoms with van der Waals surface area (Å²) in [5.74, 6) is 0.690. The summed E-state index contributed by atoms with van der Waals surface area (Å²) in [5, 5.41) is 12.9. The molecule has 2 aromatic rings. The SMILES string of the molecule is CCCCCCCCCCCCCCn1nnc(N(C(N)=O)c2c(C(C)C)cccc2C(C)C)n1. The van der Waals surface area contributed by atoms with E-state index in [1.165, 1.54) is 69.1 Å². The first-order valence-electron chi connectivity index (χ1n) is 13.9. The Morgan fingerprint density at radius 1 is 0.857 bits per heavy atom. The summed E-state index contributed by atoms with van der Waals surface area (Å²) in [7, 11) is 0. The summed E-state index contributed by atoms with van der Waals surface area (Å²) in [6.07, 6.45) is 15.7. The predicted molar refractivity (Wildman–Crippen MR) is 145 cm³/mol. The van der Waals surface area contributed by atoms with E-state index in [-0.39, 0.29) is 17.8 Å². The van der Waals surface area contributed by atoms with Gasteiger partial charge >= 0.3 is 6.03 Å². The zero-order chi connectivity index (χ0) is 25.6. The van der Waals surface area contributed by atoms with E-state index < -0.39 is 6.03 Å². The van der Waals surface area contributed by atoms with Gasteiger partial charge in [0.2, 0.25) is 0 Å². The number of carbonyl (C=O) groups excluding carboxylic acids is 1. The van der Waals surface area contributed by atoms with Crippen molar-refractivity contribution in [1.82, 2.24) is 20.2 Å². The van der Waals surface area contributed by atoms with Gasteiger partial charge in [-0.3, -0.25) is 0 Å². The quantitative estimate of drug-likeness (QED) is 0.232. The fourth-order valence-electron chi connectivity index (χ4n) is 4.59. The molecule has 0 spiro atoms. The molecule has 0 aliphatic heterocycles. The van der Waals surface area contributed by atoms with Gasteiger partial charge in [-0.1, -0.05) is 129 Å². The Balaban J connectivity index is 1.87. The summed E-state index contributed by atoms with van der Waals surface area (Å²) in [4.78, 5) is 15.6. The number of tetrazole rings is 1. The van der Waals surface area contributed by atoms with Crippen LogP contribution in [0.5, 0.6) is 0 Å². The number of amides is 2. The number of hydrogen-bond acceptors (Lipinski definition) is 4. The molecule has 2 amide bonds. The first-order valence-corrected chi connectivity index (χ1v) is 13.9. The Kier molecular flexibility index (Phi) is 12.8. The standard InChI is InChI=1S/C28H48N6O/c1-6-7-8-9-10-11-12-13-14-15-16-17-21-33-31-28(30-32-33)34(27(29)35)26-24(22(2)3)19-18-20-25(26)23(4)5/h18-20,22-23H,6-17,21H2,1-5H3,(H2,29,35). The molecule has 0 saturated heterocycles. The molecular formula is C28H48N6O. The number of unbranched alkanes of at least 4 members (excludes halogenated alkanes) is 11. The van der Waals surface area contributed by atoms with Crippen molar-refractivity contribution in [3.63, 3.8) is 0 Å². The van der Waals surface area contributed by atoms with E-state index in [1.54, 1.807) is 4.80 Å². The van der Waals surface area contributed by atoms with E-state index in [9.17, 15) is 4.79 Å². The maximum absolute atomic E-state index is 12.6. The highest BCUT2D eigenvalue weighted by molar-refractivity contribution is 5.98. The number of aryl methyl sites for hydroxylation is 1. The number of hydrogen-bond donors (Lipinski definition) is 1. The summed E-state index contributed by atoms with van der Waals surface area (Å²) < 4.78 is 0. The van der Waals surface area contributed by atoms with Crippen molar-refractivity contribution in [2.45, 2.75) is 130 Å². The van der Waals surface area contributed by atoms with Crippen LogP contribution in [-0.4, -0.2) is 26.2 Å². The molecule has 7 nitrogen and oxygen atoms in total. The van der Waals surface area contributed by atoms with Crippen LogP contribution in [0.25, 0.3) is 0 Å². The number of nitrogens with two attached hydrogens (primary N) is 1. The fourth-order valence-corrected chi connectivity index (χ4v) is 4.59. The third kappa shape index (κ3) is 9.26. The summed E-state index contributed by atoms with van der Waals surface area (Å²) in [5.41, 5.74) is 8.72. The molecule has 2 rings (SSSR count). The first-order chi connectivity index (χ1) is 16.9. The lowest BCUT2D eigenvalue weighted by Crippen LogP contribution is -2.34. The van der Waals surface area contributed by atoms with Gasteiger partial charge < -0.3 is 5.73 Å². The molecule has 0 aliphatic rings. The second kappa shape index (κ2) is 15.5. The van der Waals surface area contributed by atoms with Gasteiger partial charge in [-0.05, 0) is 34.6 Å². The number of para-hydroxylation sites is 1. The van der Waals surface area contributed by atoms with Crippen LogP contribution < -0.4 is 10.6 Å². The molecule has 35 heavy (non-hydrogen) atoms. The molecular weight excluding hydrogens is 436 g/mol. The smallest absolute Gasteiger partial charge is 0.326 e. The largest absolute Gasteiger partial charge is 0.351 e. The lowest BCUT2D eigenvalue weighted by atomic mass is 9.92. The van der Waals surface area contributed by atoms with Gasteiger partial charge in [-0.2, -0.15) is 4.80 Å². The molecule has 0 fully saturated rings. The maximum atomic E-state index is 12.6. The normalized spacial score (nSPS) is 11.5. The minimum Gasteiger partial charge on any atom is -0.351 e. The van der Waals surface area contributed by atoms with Crippen LogP contribution in [0.4, 0.5) is 16.4 Å². The topological polar surface area (TPSA) is 89.9 Å². The number of rotatable bonds is 17. The summed E-state index contributed by atoms with van der Waals surface area (Å²) in [6.45, 7) is 11.4. The average molecular weight is 485 g/mol. The monoisotopic (exact) mass is 484 g/mol. The van der Waals surface area contributed by atoms with E-state index >= 15 is 0 Å². The van der Waals surface area contributed by atoms with E-state index in [0.717, 1.165) is 29.7 Å². The number of benzene rings is 1. The number of anilines is 2. The van der Waals surface area contributed by atoms with Gasteiger partial charge in [0.15, 0.2) is 0 Å². The van der Waals surface area contributed by atoms with E-state index in [1.807, 2.05) is 18.2 Å². The highest BCUT2D eigenvalue weighted by Gasteiger charge is 2.27. The molecule has 0 saturated carbocycles. The Labute approximate surface area is 212 Å². The van der Waals surface area contributed by atoms with Crippen molar-refractivity contribution in [2.24, 2.45) is 5.73 Å². The second-order valence-electron chi connectivity index (χ2n) is 10.3. The van der Waals surface area contributed by atoms with Gasteiger partial charge in [0.1, 0.15) is 0 Å². The zero-order valence-corrected chi connectivity index (χ0v) is 22.8. The molecule has 1 aromatic carbocycles. The molecule has 0 radical (unpaired) electrons. The Hall–Kier alpha value is -2.44. The van der Waals surface area contributed by atoms with Crippen molar-refractivity contribution in [2.75, 3.05) is 4.90 Å². The highest BCUT2D eigenvalue weighted by atomic mass is 16.2. The lowest BCUT2D eigenvalue weighted by Gasteiger charge is -2.26. The van der Waals surface area contributed by atoms with Crippen molar-refractivity contribution < 1.29 is 4.79 Å². The van der Waals surface area contributed by atoms with Crippen molar-refractivity contribution in [3.8, 4) is 0 Å². The average Bonchev–Trinajstić information content (AvgIpc) is 3.27. The molecule has 7 heteroatoms. The van der Waals surface area contributed by atoms with Crippen LogP contribution in [0.2, 0.25) is 0 Å². The maximum Gasteiger partial charge on any atom is 0.326 e. The third-order valence-corrected chi connectivity index (χ3v) is 6.64. The van der Waals surface area contributed by atoms with Gasteiger partial charge in [0.05, 0.1) is 12.2 Å². The molecule has 2 N–H and O–H groups in total. The van der Waals surface area contributed by atoms with Crippen molar-refractivity contribution >= 4 is 17.7 Å². The van der Waals surface area contributed by atoms with E-state index in [2.05, 4.69) is 50.0 Å². The zero-order valence-electron chi connectivity index (χ0n) is 22.8. The number of aromatic nitrogens is 4. The van der Waals surface area contributed by atoms with Crippen LogP contribution in [0.3, 0.4) is 0 Å². The summed E-state index contributed by atoms with van der Waals surface area (Å²) >= 11 is 0. The number of urea groups is 1. The molecule has 1 aromatic heterocycles. The fraction of sp³-hybridized carbons (Fsp3) is 0.714. The van der Waals surface area contributed by atoms with Gasteiger partial charge in [0, 0.05) is 0 Å². The van der Waals surface area contributed by atoms with E-state index in [4.69, 9.17) is 5.73 Å². The third-order valence-electron chi connectivity index (χ3n) is 6.64. The number of carbonyl (C=O) groups is 1. The minimum absolute atomic E-state index is 0.224. The van der Waals surface area contributed by atoms with Crippen LogP contribution in [0, 0.1) is 0 Å². The molecule has 196 valence electrons. The van der Waals surface area contributed by atoms with Gasteiger partial charge in [0.25, 0.3) is 5.95 Å². The number of nitrogens with zero attached hydrogens (tertiary/aromatic N) is 5. The molecule has 0 atom stereocenters. The van der Waals surface area contributed by atoms with Gasteiger partial charge in [-0.15, -0.1) is 5.10 Å². The van der Waals surface area contributed by atoms with Crippen LogP contribution >= 0.6 is 0 Å². The second-order valence-corrected chi connectivity index (χ2v) is 10.3. The predicted octanol–water partition coefficient (Wildman–Crippen LogP) is 7.84. The molecule has 0 bridgehead atoms. The van der Waals surface area contributed by atoms with Crippen molar-refractivity contribution in [3.05, 3.63) is 29.3 Å². The Morgan fingerprint density at radius 3 is 1.80 bits per heavy atom. The molecule has 1 heterocycles. The van der Waals surface area contributed by atoms with Crippen LogP contribution in [0.15, 0.2) is 18.2 Å². The Bertz CT molecular complexity index is 850. The van der Waals surface area contributed by atoms with Crippen LogP contribution in [0.1, 0.15) is 135 Å². The lowest BCUT2D eigenvalue weighted by molar-refractivity contribution is 0.255.